The first-order valence-electron chi connectivity index (χ1n) is 8.69. The third-order valence-electron chi connectivity index (χ3n) is 4.05. The quantitative estimate of drug-likeness (QED) is 0.397. The zero-order valence-electron chi connectivity index (χ0n) is 15.1. The molecule has 0 aliphatic heterocycles. The number of aromatic nitrogens is 3. The molecule has 0 aliphatic carbocycles. The fourth-order valence-electron chi connectivity index (χ4n) is 2.61. The minimum Gasteiger partial charge on any atom is -0.411 e. The Kier molecular flexibility index (Phi) is 5.79. The second-order valence-corrected chi connectivity index (χ2v) is 7.81. The third kappa shape index (κ3) is 4.42. The molecule has 0 spiro atoms. The van der Waals surface area contributed by atoms with E-state index in [2.05, 4.69) is 21.3 Å². The van der Waals surface area contributed by atoms with E-state index in [1.54, 1.807) is 0 Å². The first-order valence-corrected chi connectivity index (χ1v) is 10.6. The van der Waals surface area contributed by atoms with Crippen molar-refractivity contribution >= 4 is 28.9 Å². The number of rotatable bonds is 7. The third-order valence-corrected chi connectivity index (χ3v) is 5.81. The number of thiazole rings is 1. The van der Waals surface area contributed by atoms with Crippen LogP contribution in [0, 0.1) is 11.3 Å². The molecule has 4 rings (SSSR count). The summed E-state index contributed by atoms with van der Waals surface area (Å²) < 4.78 is 5.59. The highest BCUT2D eigenvalue weighted by Crippen LogP contribution is 2.29. The lowest BCUT2D eigenvalue weighted by atomic mass is 10.1. The monoisotopic (exact) mass is 418 g/mol. The average Bonchev–Trinajstić information content (AvgIpc) is 3.44. The van der Waals surface area contributed by atoms with E-state index in [0.717, 1.165) is 28.6 Å². The van der Waals surface area contributed by atoms with Gasteiger partial charge in [-0.15, -0.1) is 21.5 Å². The Morgan fingerprint density at radius 1 is 1.07 bits per heavy atom. The molecule has 1 atom stereocenters. The molecule has 0 fully saturated rings. The van der Waals surface area contributed by atoms with Crippen LogP contribution in [0.3, 0.4) is 0 Å². The molecule has 2 aromatic carbocycles. The fourth-order valence-corrected chi connectivity index (χ4v) is 4.17. The van der Waals surface area contributed by atoms with Crippen LogP contribution in [0.25, 0.3) is 22.7 Å². The van der Waals surface area contributed by atoms with Crippen LogP contribution in [0.15, 0.2) is 75.7 Å². The lowest BCUT2D eigenvalue weighted by molar-refractivity contribution is -0.116. The van der Waals surface area contributed by atoms with Crippen molar-refractivity contribution in [3.63, 3.8) is 0 Å². The molecule has 2 heterocycles. The number of hydrogen-bond acceptors (Lipinski definition) is 8. The van der Waals surface area contributed by atoms with Gasteiger partial charge in [0.15, 0.2) is 11.7 Å². The number of hydrogen-bond donors (Lipinski definition) is 0. The normalized spacial score (nSPS) is 11.7. The number of thioether (sulfide) groups is 1. The molecule has 0 aliphatic rings. The van der Waals surface area contributed by atoms with Crippen molar-refractivity contribution < 1.29 is 9.21 Å². The van der Waals surface area contributed by atoms with Crippen molar-refractivity contribution in [3.05, 3.63) is 71.1 Å². The van der Waals surface area contributed by atoms with Crippen LogP contribution in [0.5, 0.6) is 0 Å². The fraction of sp³-hybridized carbons (Fsp3) is 0.0952. The first-order chi connectivity index (χ1) is 14.2. The summed E-state index contributed by atoms with van der Waals surface area (Å²) in [6, 6.07) is 21.1. The Morgan fingerprint density at radius 2 is 1.76 bits per heavy atom. The van der Waals surface area contributed by atoms with Crippen LogP contribution in [0.1, 0.15) is 10.9 Å². The summed E-state index contributed by atoms with van der Waals surface area (Å²) >= 11 is 2.43. The molecule has 0 amide bonds. The van der Waals surface area contributed by atoms with E-state index in [9.17, 15) is 10.1 Å². The molecule has 4 aromatic rings. The summed E-state index contributed by atoms with van der Waals surface area (Å²) in [7, 11) is 0. The molecule has 8 heteroatoms. The van der Waals surface area contributed by atoms with E-state index in [4.69, 9.17) is 4.42 Å². The lowest BCUT2D eigenvalue weighted by Crippen LogP contribution is -2.13. The Morgan fingerprint density at radius 3 is 2.45 bits per heavy atom. The first kappa shape index (κ1) is 19.1. The van der Waals surface area contributed by atoms with E-state index < -0.39 is 5.92 Å². The van der Waals surface area contributed by atoms with Crippen LogP contribution in [0.4, 0.5) is 0 Å². The summed E-state index contributed by atoms with van der Waals surface area (Å²) in [5.41, 5.74) is 2.52. The van der Waals surface area contributed by atoms with Crippen LogP contribution in [-0.4, -0.2) is 26.7 Å². The molecule has 0 N–H and O–H groups in total. The van der Waals surface area contributed by atoms with Crippen LogP contribution < -0.4 is 0 Å². The zero-order valence-corrected chi connectivity index (χ0v) is 16.7. The minimum absolute atomic E-state index is 0.0505. The standard InChI is InChI=1S/C21H14N4O2S2/c22-11-16(20-23-17(12-28-20)14-7-3-1-4-8-14)18(26)13-29-21-25-24-19(27-21)15-9-5-2-6-10-15/h1-10,12,16H,13H2. The van der Waals surface area contributed by atoms with Crippen LogP contribution in [-0.2, 0) is 4.79 Å². The second kappa shape index (κ2) is 8.82. The highest BCUT2D eigenvalue weighted by atomic mass is 32.2. The van der Waals surface area contributed by atoms with Gasteiger partial charge in [0.2, 0.25) is 5.89 Å². The van der Waals surface area contributed by atoms with Crippen LogP contribution in [0.2, 0.25) is 0 Å². The van der Waals surface area contributed by atoms with Crippen LogP contribution >= 0.6 is 23.1 Å². The number of benzene rings is 2. The highest BCUT2D eigenvalue weighted by Gasteiger charge is 2.24. The predicted molar refractivity (Wildman–Crippen MR) is 111 cm³/mol. The maximum absolute atomic E-state index is 12.6. The summed E-state index contributed by atoms with van der Waals surface area (Å²) in [6.45, 7) is 0. The molecule has 6 nitrogen and oxygen atoms in total. The van der Waals surface area contributed by atoms with Crippen molar-refractivity contribution in [1.82, 2.24) is 15.2 Å². The van der Waals surface area contributed by atoms with Gasteiger partial charge in [-0.1, -0.05) is 60.3 Å². The van der Waals surface area contributed by atoms with Crippen molar-refractivity contribution in [2.75, 3.05) is 5.75 Å². The summed E-state index contributed by atoms with van der Waals surface area (Å²) in [6.07, 6.45) is 0. The molecule has 29 heavy (non-hydrogen) atoms. The lowest BCUT2D eigenvalue weighted by Gasteiger charge is -2.03. The molecule has 1 unspecified atom stereocenters. The zero-order chi connectivity index (χ0) is 20.1. The summed E-state index contributed by atoms with van der Waals surface area (Å²) in [5.74, 6) is -0.716. The molecular weight excluding hydrogens is 404 g/mol. The summed E-state index contributed by atoms with van der Waals surface area (Å²) in [5, 5.41) is 20.1. The van der Waals surface area contributed by atoms with E-state index in [1.165, 1.54) is 11.3 Å². The van der Waals surface area contributed by atoms with Gasteiger partial charge in [0.1, 0.15) is 5.01 Å². The number of carbonyl (C=O) groups is 1. The number of nitrogens with zero attached hydrogens (tertiary/aromatic N) is 4. The van der Waals surface area contributed by atoms with Crippen molar-refractivity contribution in [2.45, 2.75) is 11.1 Å². The van der Waals surface area contributed by atoms with Gasteiger partial charge in [0, 0.05) is 16.5 Å². The number of ketones is 1. The Hall–Kier alpha value is -3.28. The van der Waals surface area contributed by atoms with E-state index in [1.807, 2.05) is 66.0 Å². The van der Waals surface area contributed by atoms with Gasteiger partial charge in [-0.05, 0) is 12.1 Å². The maximum atomic E-state index is 12.6. The van der Waals surface area contributed by atoms with E-state index in [0.29, 0.717) is 10.9 Å². The largest absolute Gasteiger partial charge is 0.411 e. The van der Waals surface area contributed by atoms with Crippen molar-refractivity contribution in [3.8, 4) is 28.8 Å². The van der Waals surface area contributed by atoms with Gasteiger partial charge in [-0.2, -0.15) is 5.26 Å². The van der Waals surface area contributed by atoms with Gasteiger partial charge in [0.25, 0.3) is 5.22 Å². The molecule has 0 radical (unpaired) electrons. The minimum atomic E-state index is -0.915. The van der Waals surface area contributed by atoms with Gasteiger partial charge in [-0.3, -0.25) is 4.79 Å². The smallest absolute Gasteiger partial charge is 0.277 e. The number of carbonyl (C=O) groups excluding carboxylic acids is 1. The van der Waals surface area contributed by atoms with Crippen molar-refractivity contribution in [2.24, 2.45) is 0 Å². The Labute approximate surface area is 175 Å². The molecule has 0 saturated carbocycles. The Balaban J connectivity index is 1.42. The van der Waals surface area contributed by atoms with Gasteiger partial charge in [-0.25, -0.2) is 4.98 Å². The van der Waals surface area contributed by atoms with E-state index in [-0.39, 0.29) is 16.8 Å². The topological polar surface area (TPSA) is 92.7 Å². The van der Waals surface area contributed by atoms with Gasteiger partial charge >= 0.3 is 0 Å². The maximum Gasteiger partial charge on any atom is 0.277 e. The SMILES string of the molecule is N#CC(C(=O)CSc1nnc(-c2ccccc2)o1)c1nc(-c2ccccc2)cs1. The van der Waals surface area contributed by atoms with Gasteiger partial charge in [0.05, 0.1) is 17.5 Å². The number of nitriles is 1. The Bertz CT molecular complexity index is 1150. The van der Waals surface area contributed by atoms with Crippen molar-refractivity contribution in [1.29, 1.82) is 5.26 Å². The second-order valence-electron chi connectivity index (χ2n) is 5.99. The number of Topliss-reactive ketones (excluding diaryl/α,β-unsaturated/α-hetero) is 1. The highest BCUT2D eigenvalue weighted by molar-refractivity contribution is 7.99. The van der Waals surface area contributed by atoms with E-state index >= 15 is 0 Å². The molecule has 142 valence electrons. The van der Waals surface area contributed by atoms with Gasteiger partial charge < -0.3 is 4.42 Å². The predicted octanol–water partition coefficient (Wildman–Crippen LogP) is 4.83. The summed E-state index contributed by atoms with van der Waals surface area (Å²) in [4.78, 5) is 17.1. The molecular formula is C21H14N4O2S2. The average molecular weight is 419 g/mol. The molecule has 2 aromatic heterocycles. The molecule has 0 bridgehead atoms. The molecule has 0 saturated heterocycles.